The standard InChI is InChI=1S/C21H17N/c22-21(19-11-9-15-5-1-3-7-17(15)13-19)20-12-10-16-6-2-4-8-18(16)14-20/h1-14,21H,22H2. The van der Waals surface area contributed by atoms with Gasteiger partial charge < -0.3 is 5.73 Å². The van der Waals surface area contributed by atoms with Gasteiger partial charge in [-0.15, -0.1) is 0 Å². The van der Waals surface area contributed by atoms with Gasteiger partial charge in [-0.1, -0.05) is 72.8 Å². The van der Waals surface area contributed by atoms with Crippen LogP contribution in [0.3, 0.4) is 0 Å². The number of hydrogen-bond acceptors (Lipinski definition) is 1. The highest BCUT2D eigenvalue weighted by molar-refractivity contribution is 5.84. The number of rotatable bonds is 2. The second-order valence-corrected chi connectivity index (χ2v) is 5.69. The van der Waals surface area contributed by atoms with E-state index in [1.807, 2.05) is 0 Å². The van der Waals surface area contributed by atoms with Gasteiger partial charge in [0.25, 0.3) is 0 Å². The molecule has 0 unspecified atom stereocenters. The van der Waals surface area contributed by atoms with Gasteiger partial charge >= 0.3 is 0 Å². The fraction of sp³-hybridized carbons (Fsp3) is 0.0476. The van der Waals surface area contributed by atoms with Gasteiger partial charge in [0, 0.05) is 0 Å². The molecule has 0 amide bonds. The molecular formula is C21H17N. The van der Waals surface area contributed by atoms with E-state index >= 15 is 0 Å². The quantitative estimate of drug-likeness (QED) is 0.548. The van der Waals surface area contributed by atoms with Gasteiger partial charge in [-0.05, 0) is 44.8 Å². The van der Waals surface area contributed by atoms with Crippen molar-refractivity contribution in [1.82, 2.24) is 0 Å². The first kappa shape index (κ1) is 13.1. The highest BCUT2D eigenvalue weighted by Crippen LogP contribution is 2.26. The van der Waals surface area contributed by atoms with Crippen LogP contribution in [0.15, 0.2) is 84.9 Å². The van der Waals surface area contributed by atoms with Gasteiger partial charge in [-0.3, -0.25) is 0 Å². The Balaban J connectivity index is 1.78. The highest BCUT2D eigenvalue weighted by Gasteiger charge is 2.10. The zero-order valence-corrected chi connectivity index (χ0v) is 12.2. The molecular weight excluding hydrogens is 266 g/mol. The van der Waals surface area contributed by atoms with E-state index < -0.39 is 0 Å². The predicted molar refractivity (Wildman–Crippen MR) is 93.9 cm³/mol. The van der Waals surface area contributed by atoms with E-state index in [1.54, 1.807) is 0 Å². The Bertz CT molecular complexity index is 876. The smallest absolute Gasteiger partial charge is 0.0552 e. The molecule has 106 valence electrons. The van der Waals surface area contributed by atoms with Gasteiger partial charge in [0.1, 0.15) is 0 Å². The average Bonchev–Trinajstić information content (AvgIpc) is 2.60. The molecule has 0 aromatic heterocycles. The Labute approximate surface area is 130 Å². The monoisotopic (exact) mass is 283 g/mol. The second-order valence-electron chi connectivity index (χ2n) is 5.69. The molecule has 1 nitrogen and oxygen atoms in total. The van der Waals surface area contributed by atoms with Crippen LogP contribution >= 0.6 is 0 Å². The first-order valence-electron chi connectivity index (χ1n) is 7.54. The lowest BCUT2D eigenvalue weighted by molar-refractivity contribution is 0.875. The van der Waals surface area contributed by atoms with Crippen LogP contribution in [-0.2, 0) is 0 Å². The molecule has 4 aromatic carbocycles. The van der Waals surface area contributed by atoms with Gasteiger partial charge in [0.15, 0.2) is 0 Å². The van der Waals surface area contributed by atoms with Crippen molar-refractivity contribution in [2.45, 2.75) is 6.04 Å². The minimum absolute atomic E-state index is 0.103. The summed E-state index contributed by atoms with van der Waals surface area (Å²) in [6.07, 6.45) is 0. The summed E-state index contributed by atoms with van der Waals surface area (Å²) in [5.74, 6) is 0. The van der Waals surface area contributed by atoms with E-state index in [9.17, 15) is 0 Å². The Kier molecular flexibility index (Phi) is 3.14. The fourth-order valence-corrected chi connectivity index (χ4v) is 2.99. The van der Waals surface area contributed by atoms with Gasteiger partial charge in [0.2, 0.25) is 0 Å². The minimum atomic E-state index is -0.103. The van der Waals surface area contributed by atoms with Crippen LogP contribution < -0.4 is 5.73 Å². The van der Waals surface area contributed by atoms with Crippen molar-refractivity contribution in [2.24, 2.45) is 5.73 Å². The highest BCUT2D eigenvalue weighted by atomic mass is 14.6. The summed E-state index contributed by atoms with van der Waals surface area (Å²) in [5.41, 5.74) is 8.79. The molecule has 0 spiro atoms. The zero-order valence-electron chi connectivity index (χ0n) is 12.2. The fourth-order valence-electron chi connectivity index (χ4n) is 2.99. The maximum absolute atomic E-state index is 6.50. The molecule has 0 fully saturated rings. The van der Waals surface area contributed by atoms with Gasteiger partial charge in [-0.25, -0.2) is 0 Å². The molecule has 22 heavy (non-hydrogen) atoms. The number of fused-ring (bicyclic) bond motifs is 2. The Morgan fingerprint density at radius 1 is 0.500 bits per heavy atom. The first-order chi connectivity index (χ1) is 10.8. The first-order valence-corrected chi connectivity index (χ1v) is 7.54. The van der Waals surface area contributed by atoms with Crippen molar-refractivity contribution in [3.63, 3.8) is 0 Å². The van der Waals surface area contributed by atoms with E-state index in [2.05, 4.69) is 84.9 Å². The summed E-state index contributed by atoms with van der Waals surface area (Å²) in [5, 5.41) is 4.96. The van der Waals surface area contributed by atoms with E-state index in [0.717, 1.165) is 11.1 Å². The van der Waals surface area contributed by atoms with Crippen LogP contribution in [0.25, 0.3) is 21.5 Å². The molecule has 1 heteroatoms. The lowest BCUT2D eigenvalue weighted by atomic mass is 9.95. The zero-order chi connectivity index (χ0) is 14.9. The molecule has 0 saturated carbocycles. The van der Waals surface area contributed by atoms with Crippen molar-refractivity contribution in [2.75, 3.05) is 0 Å². The molecule has 0 aliphatic carbocycles. The lowest BCUT2D eigenvalue weighted by Crippen LogP contribution is -2.11. The van der Waals surface area contributed by atoms with Crippen LogP contribution in [0.1, 0.15) is 17.2 Å². The molecule has 0 aliphatic heterocycles. The summed E-state index contributed by atoms with van der Waals surface area (Å²) in [4.78, 5) is 0. The third-order valence-electron chi connectivity index (χ3n) is 4.27. The van der Waals surface area contributed by atoms with Crippen molar-refractivity contribution in [3.8, 4) is 0 Å². The topological polar surface area (TPSA) is 26.0 Å². The molecule has 2 N–H and O–H groups in total. The predicted octanol–water partition coefficient (Wildman–Crippen LogP) is 5.04. The molecule has 4 aromatic rings. The average molecular weight is 283 g/mol. The van der Waals surface area contributed by atoms with E-state index in [0.29, 0.717) is 0 Å². The Morgan fingerprint density at radius 2 is 0.909 bits per heavy atom. The van der Waals surface area contributed by atoms with Crippen molar-refractivity contribution >= 4 is 21.5 Å². The Morgan fingerprint density at radius 3 is 1.36 bits per heavy atom. The molecule has 0 heterocycles. The van der Waals surface area contributed by atoms with Gasteiger partial charge in [-0.2, -0.15) is 0 Å². The van der Waals surface area contributed by atoms with E-state index in [-0.39, 0.29) is 6.04 Å². The third-order valence-corrected chi connectivity index (χ3v) is 4.27. The molecule has 0 atom stereocenters. The van der Waals surface area contributed by atoms with Crippen LogP contribution in [0.5, 0.6) is 0 Å². The number of benzene rings is 4. The second kappa shape index (κ2) is 5.28. The summed E-state index contributed by atoms with van der Waals surface area (Å²) >= 11 is 0. The molecule has 0 aliphatic rings. The van der Waals surface area contributed by atoms with Crippen molar-refractivity contribution < 1.29 is 0 Å². The number of nitrogens with two attached hydrogens (primary N) is 1. The maximum Gasteiger partial charge on any atom is 0.0552 e. The van der Waals surface area contributed by atoms with Crippen molar-refractivity contribution in [1.29, 1.82) is 0 Å². The van der Waals surface area contributed by atoms with Crippen molar-refractivity contribution in [3.05, 3.63) is 96.1 Å². The summed E-state index contributed by atoms with van der Waals surface area (Å²) < 4.78 is 0. The minimum Gasteiger partial charge on any atom is -0.320 e. The molecule has 0 radical (unpaired) electrons. The van der Waals surface area contributed by atoms with E-state index in [1.165, 1.54) is 21.5 Å². The normalized spacial score (nSPS) is 11.4. The maximum atomic E-state index is 6.50. The molecule has 4 rings (SSSR count). The van der Waals surface area contributed by atoms with Crippen LogP contribution in [0, 0.1) is 0 Å². The largest absolute Gasteiger partial charge is 0.320 e. The number of hydrogen-bond donors (Lipinski definition) is 1. The Hall–Kier alpha value is -2.64. The molecule has 0 saturated heterocycles. The molecule has 0 bridgehead atoms. The lowest BCUT2D eigenvalue weighted by Gasteiger charge is -2.14. The van der Waals surface area contributed by atoms with E-state index in [4.69, 9.17) is 5.73 Å². The summed E-state index contributed by atoms with van der Waals surface area (Å²) in [6.45, 7) is 0. The van der Waals surface area contributed by atoms with Gasteiger partial charge in [0.05, 0.1) is 6.04 Å². The summed E-state index contributed by atoms with van der Waals surface area (Å²) in [7, 11) is 0. The van der Waals surface area contributed by atoms with Crippen LogP contribution in [0.4, 0.5) is 0 Å². The third kappa shape index (κ3) is 2.26. The van der Waals surface area contributed by atoms with Crippen LogP contribution in [0.2, 0.25) is 0 Å². The SMILES string of the molecule is NC(c1ccc2ccccc2c1)c1ccc2ccccc2c1. The summed E-state index contributed by atoms with van der Waals surface area (Å²) in [6, 6.07) is 29.6. The van der Waals surface area contributed by atoms with Crippen LogP contribution in [-0.4, -0.2) is 0 Å².